The smallest absolute Gasteiger partial charge is 0.220 e. The minimum absolute atomic E-state index is 0.0765. The molecular weight excluding hydrogens is 510 g/mol. The Morgan fingerprint density at radius 2 is 1.12 bits per heavy atom. The second-order valence-electron chi connectivity index (χ2n) is 12.0. The average Bonchev–Trinajstić information content (AvgIpc) is 2.97. The van der Waals surface area contributed by atoms with Gasteiger partial charge in [0.2, 0.25) is 5.91 Å². The van der Waals surface area contributed by atoms with Crippen molar-refractivity contribution in [2.45, 2.75) is 187 Å². The predicted molar refractivity (Wildman–Crippen MR) is 175 cm³/mol. The third kappa shape index (κ3) is 28.4. The minimum Gasteiger partial charge on any atom is -0.394 e. The molecular formula is C36H67NO4. The van der Waals surface area contributed by atoms with E-state index in [0.29, 0.717) is 19.3 Å². The van der Waals surface area contributed by atoms with Gasteiger partial charge in [-0.3, -0.25) is 9.59 Å². The van der Waals surface area contributed by atoms with Crippen molar-refractivity contribution in [1.82, 2.24) is 5.32 Å². The lowest BCUT2D eigenvalue weighted by atomic mass is 10.0. The molecule has 0 saturated heterocycles. The van der Waals surface area contributed by atoms with Crippen LogP contribution in [0.15, 0.2) is 24.3 Å². The molecule has 3 N–H and O–H groups in total. The van der Waals surface area contributed by atoms with Crippen molar-refractivity contribution in [2.24, 2.45) is 0 Å². The summed E-state index contributed by atoms with van der Waals surface area (Å²) in [4.78, 5) is 24.0. The van der Waals surface area contributed by atoms with Crippen molar-refractivity contribution in [3.05, 3.63) is 24.3 Å². The molecule has 0 spiro atoms. The summed E-state index contributed by atoms with van der Waals surface area (Å²) >= 11 is 0. The van der Waals surface area contributed by atoms with Crippen LogP contribution in [0.4, 0.5) is 0 Å². The van der Waals surface area contributed by atoms with E-state index >= 15 is 0 Å². The highest BCUT2D eigenvalue weighted by molar-refractivity contribution is 5.89. The van der Waals surface area contributed by atoms with Crippen molar-refractivity contribution in [2.75, 3.05) is 6.61 Å². The van der Waals surface area contributed by atoms with E-state index in [0.717, 1.165) is 70.6 Å². The molecule has 0 radical (unpaired) electrons. The molecule has 0 aromatic rings. The summed E-state index contributed by atoms with van der Waals surface area (Å²) in [7, 11) is 0. The molecule has 2 atom stereocenters. The number of nitrogens with one attached hydrogen (secondary N) is 1. The normalized spacial score (nSPS) is 13.3. The van der Waals surface area contributed by atoms with Gasteiger partial charge in [-0.2, -0.15) is 0 Å². The lowest BCUT2D eigenvalue weighted by Gasteiger charge is -2.22. The molecule has 0 aromatic carbocycles. The molecule has 5 heteroatoms. The van der Waals surface area contributed by atoms with Crippen molar-refractivity contribution >= 4 is 11.7 Å². The second kappa shape index (κ2) is 31.5. The fourth-order valence-electron chi connectivity index (χ4n) is 5.16. The Morgan fingerprint density at radius 3 is 1.71 bits per heavy atom. The Balaban J connectivity index is 3.67. The van der Waals surface area contributed by atoms with E-state index < -0.39 is 12.1 Å². The highest BCUT2D eigenvalue weighted by atomic mass is 16.3. The number of unbranched alkanes of at least 4 members (excludes halogenated alkanes) is 19. The van der Waals surface area contributed by atoms with Gasteiger partial charge in [0.05, 0.1) is 18.8 Å². The van der Waals surface area contributed by atoms with E-state index in [4.69, 9.17) is 0 Å². The quantitative estimate of drug-likeness (QED) is 0.0435. The van der Waals surface area contributed by atoms with Gasteiger partial charge in [-0.1, -0.05) is 148 Å². The van der Waals surface area contributed by atoms with Crippen LogP contribution in [-0.2, 0) is 9.59 Å². The number of hydrogen-bond donors (Lipinski definition) is 3. The van der Waals surface area contributed by atoms with Gasteiger partial charge in [0.15, 0.2) is 5.78 Å². The van der Waals surface area contributed by atoms with Crippen LogP contribution in [0, 0.1) is 0 Å². The van der Waals surface area contributed by atoms with Gasteiger partial charge in [0.1, 0.15) is 0 Å². The molecule has 0 heterocycles. The zero-order valence-electron chi connectivity index (χ0n) is 27.1. The first-order chi connectivity index (χ1) is 20.0. The van der Waals surface area contributed by atoms with Gasteiger partial charge in [-0.15, -0.1) is 0 Å². The molecule has 0 saturated carbocycles. The number of aliphatic hydroxyl groups excluding tert-OH is 2. The number of rotatable bonds is 31. The summed E-state index contributed by atoms with van der Waals surface area (Å²) in [5.41, 5.74) is 0. The molecule has 5 nitrogen and oxygen atoms in total. The summed E-state index contributed by atoms with van der Waals surface area (Å²) < 4.78 is 0. The zero-order chi connectivity index (χ0) is 30.2. The van der Waals surface area contributed by atoms with Crippen molar-refractivity contribution < 1.29 is 19.8 Å². The van der Waals surface area contributed by atoms with Crippen molar-refractivity contribution in [3.8, 4) is 0 Å². The maximum atomic E-state index is 12.3. The fourth-order valence-corrected chi connectivity index (χ4v) is 5.16. The van der Waals surface area contributed by atoms with E-state index in [9.17, 15) is 19.8 Å². The van der Waals surface area contributed by atoms with Crippen LogP contribution < -0.4 is 5.32 Å². The first kappa shape index (κ1) is 39.5. The molecule has 0 fully saturated rings. The summed E-state index contributed by atoms with van der Waals surface area (Å²) in [5.74, 6) is 0.134. The number of amides is 1. The maximum absolute atomic E-state index is 12.3. The van der Waals surface area contributed by atoms with Gasteiger partial charge in [-0.25, -0.2) is 0 Å². The van der Waals surface area contributed by atoms with Gasteiger partial charge in [0.25, 0.3) is 0 Å². The van der Waals surface area contributed by atoms with Gasteiger partial charge in [0, 0.05) is 12.8 Å². The summed E-state index contributed by atoms with van der Waals surface area (Å²) in [5, 5.41) is 23.0. The van der Waals surface area contributed by atoms with E-state index in [2.05, 4.69) is 25.2 Å². The number of hydrogen-bond acceptors (Lipinski definition) is 4. The van der Waals surface area contributed by atoms with E-state index in [1.54, 1.807) is 6.08 Å². The second-order valence-corrected chi connectivity index (χ2v) is 12.0. The molecule has 0 aliphatic carbocycles. The summed E-state index contributed by atoms with van der Waals surface area (Å²) in [6, 6.07) is -0.563. The van der Waals surface area contributed by atoms with Crippen LogP contribution in [0.5, 0.6) is 0 Å². The Kier molecular flexibility index (Phi) is 30.4. The van der Waals surface area contributed by atoms with E-state index in [-0.39, 0.29) is 18.3 Å². The number of allylic oxidation sites excluding steroid dienone is 4. The first-order valence-electron chi connectivity index (χ1n) is 17.5. The average molecular weight is 578 g/mol. The van der Waals surface area contributed by atoms with Gasteiger partial charge >= 0.3 is 0 Å². The van der Waals surface area contributed by atoms with Crippen LogP contribution in [0.3, 0.4) is 0 Å². The molecule has 0 bridgehead atoms. The van der Waals surface area contributed by atoms with Crippen LogP contribution in [0.25, 0.3) is 0 Å². The van der Waals surface area contributed by atoms with Gasteiger partial charge < -0.3 is 15.5 Å². The first-order valence-corrected chi connectivity index (χ1v) is 17.5. The summed E-state index contributed by atoms with van der Waals surface area (Å²) in [6.07, 6.45) is 34.8. The lowest BCUT2D eigenvalue weighted by Crippen LogP contribution is -2.45. The molecule has 0 aliphatic heterocycles. The molecule has 0 aliphatic rings. The lowest BCUT2D eigenvalue weighted by molar-refractivity contribution is -0.123. The highest BCUT2D eigenvalue weighted by Crippen LogP contribution is 2.14. The van der Waals surface area contributed by atoms with Crippen LogP contribution >= 0.6 is 0 Å². The zero-order valence-corrected chi connectivity index (χ0v) is 27.1. The molecule has 41 heavy (non-hydrogen) atoms. The molecule has 1 amide bonds. The van der Waals surface area contributed by atoms with Crippen molar-refractivity contribution in [3.63, 3.8) is 0 Å². The molecule has 0 rings (SSSR count). The minimum atomic E-state index is -0.682. The monoisotopic (exact) mass is 578 g/mol. The van der Waals surface area contributed by atoms with E-state index in [1.165, 1.54) is 70.6 Å². The largest absolute Gasteiger partial charge is 0.394 e. The summed E-state index contributed by atoms with van der Waals surface area (Å²) in [6.45, 7) is 4.18. The van der Waals surface area contributed by atoms with E-state index in [1.807, 2.05) is 12.2 Å². The standard InChI is InChI=1S/C36H67NO4/c1-3-5-7-8-9-10-11-12-13-16-19-22-26-30-35(40)34(32-38)37-36(41)31-27-23-20-17-14-15-18-21-25-29-33(39)28-24-6-4-2/h18,21,25,29,34-35,38,40H,3-17,19-20,22-24,26-28,30-32H2,1-2H3,(H,37,41)/b21-18-,29-25+/t34-,35+/m0/s1. The Morgan fingerprint density at radius 1 is 0.634 bits per heavy atom. The van der Waals surface area contributed by atoms with Crippen molar-refractivity contribution in [1.29, 1.82) is 0 Å². The van der Waals surface area contributed by atoms with Crippen LogP contribution in [-0.4, -0.2) is 40.7 Å². The number of carbonyl (C=O) groups excluding carboxylic acids is 2. The molecule has 0 unspecified atom stereocenters. The Labute approximate surface area is 254 Å². The highest BCUT2D eigenvalue weighted by Gasteiger charge is 2.19. The fraction of sp³-hybridized carbons (Fsp3) is 0.833. The molecule has 0 aromatic heterocycles. The third-order valence-electron chi connectivity index (χ3n) is 7.94. The van der Waals surface area contributed by atoms with Crippen LogP contribution in [0.1, 0.15) is 174 Å². The maximum Gasteiger partial charge on any atom is 0.220 e. The SMILES string of the molecule is CCCCCCCCCCCCCCC[C@@H](O)[C@H](CO)NC(=O)CCCCCCC/C=C\C=C\C(=O)CCCCC. The topological polar surface area (TPSA) is 86.6 Å². The Bertz CT molecular complexity index is 645. The van der Waals surface area contributed by atoms with Gasteiger partial charge in [-0.05, 0) is 38.2 Å². The number of ketones is 1. The number of carbonyl (C=O) groups is 2. The number of aliphatic hydroxyl groups is 2. The third-order valence-corrected chi connectivity index (χ3v) is 7.94. The molecule has 240 valence electrons. The predicted octanol–water partition coefficient (Wildman–Crippen LogP) is 9.30. The Hall–Kier alpha value is -1.46. The van der Waals surface area contributed by atoms with Crippen LogP contribution in [0.2, 0.25) is 0 Å².